The van der Waals surface area contributed by atoms with Gasteiger partial charge < -0.3 is 20.3 Å². The van der Waals surface area contributed by atoms with Crippen LogP contribution in [0, 0.1) is 0 Å². The molecule has 0 fully saturated rings. The van der Waals surface area contributed by atoms with Crippen LogP contribution in [0.3, 0.4) is 0 Å². The molecular weight excluding hydrogens is 206 g/mol. The molecule has 0 spiro atoms. The topological polar surface area (TPSA) is 64.7 Å². The molecular formula is C9H10ClNO3. The van der Waals surface area contributed by atoms with E-state index in [0.29, 0.717) is 30.0 Å². The van der Waals surface area contributed by atoms with Gasteiger partial charge in [-0.3, -0.25) is 0 Å². The Morgan fingerprint density at radius 2 is 2.29 bits per heavy atom. The second-order valence-electron chi connectivity index (χ2n) is 2.96. The number of ether oxygens (including phenoxy) is 2. The van der Waals surface area contributed by atoms with Gasteiger partial charge in [0, 0.05) is 11.6 Å². The zero-order valence-corrected chi connectivity index (χ0v) is 8.17. The highest BCUT2D eigenvalue weighted by Crippen LogP contribution is 2.44. The van der Waals surface area contributed by atoms with Crippen molar-refractivity contribution >= 4 is 11.6 Å². The van der Waals surface area contributed by atoms with Crippen molar-refractivity contribution in [3.05, 3.63) is 16.7 Å². The summed E-state index contributed by atoms with van der Waals surface area (Å²) in [6.07, 6.45) is 0.512. The fourth-order valence-corrected chi connectivity index (χ4v) is 1.66. The average molecular weight is 216 g/mol. The summed E-state index contributed by atoms with van der Waals surface area (Å²) in [7, 11) is 0. The Bertz CT molecular complexity index is 368. The average Bonchev–Trinajstić information content (AvgIpc) is 2.60. The Kier molecular flexibility index (Phi) is 2.39. The second kappa shape index (κ2) is 3.55. The number of rotatable bonds is 2. The van der Waals surface area contributed by atoms with Crippen molar-refractivity contribution in [1.82, 2.24) is 0 Å². The molecule has 0 saturated heterocycles. The smallest absolute Gasteiger partial charge is 0.231 e. The van der Waals surface area contributed by atoms with Gasteiger partial charge in [-0.25, -0.2) is 0 Å². The monoisotopic (exact) mass is 215 g/mol. The number of hydrogen-bond acceptors (Lipinski definition) is 4. The third kappa shape index (κ3) is 1.36. The largest absolute Gasteiger partial charge is 0.506 e. The van der Waals surface area contributed by atoms with Gasteiger partial charge >= 0.3 is 0 Å². The minimum Gasteiger partial charge on any atom is -0.506 e. The van der Waals surface area contributed by atoms with Crippen molar-refractivity contribution in [2.45, 2.75) is 6.42 Å². The molecule has 0 bridgehead atoms. The first-order valence-corrected chi connectivity index (χ1v) is 4.62. The van der Waals surface area contributed by atoms with Gasteiger partial charge in [-0.1, -0.05) is 11.6 Å². The number of phenols is 1. The van der Waals surface area contributed by atoms with E-state index in [9.17, 15) is 5.11 Å². The molecule has 0 radical (unpaired) electrons. The van der Waals surface area contributed by atoms with E-state index in [1.165, 1.54) is 0 Å². The summed E-state index contributed by atoms with van der Waals surface area (Å²) < 4.78 is 10.4. The van der Waals surface area contributed by atoms with E-state index < -0.39 is 0 Å². The van der Waals surface area contributed by atoms with Crippen molar-refractivity contribution < 1.29 is 14.6 Å². The number of aromatic hydroxyl groups is 1. The molecule has 1 heterocycles. The van der Waals surface area contributed by atoms with Gasteiger partial charge in [0.2, 0.25) is 6.79 Å². The van der Waals surface area contributed by atoms with Crippen LogP contribution in [-0.2, 0) is 6.42 Å². The van der Waals surface area contributed by atoms with Gasteiger partial charge in [0.1, 0.15) is 5.75 Å². The first-order chi connectivity index (χ1) is 6.74. The molecule has 1 aromatic carbocycles. The van der Waals surface area contributed by atoms with Crippen LogP contribution in [-0.4, -0.2) is 18.4 Å². The molecule has 0 saturated carbocycles. The molecule has 1 aromatic rings. The number of fused-ring (bicyclic) bond motifs is 1. The van der Waals surface area contributed by atoms with E-state index in [1.807, 2.05) is 0 Å². The van der Waals surface area contributed by atoms with E-state index >= 15 is 0 Å². The summed E-state index contributed by atoms with van der Waals surface area (Å²) in [6.45, 7) is 0.580. The molecule has 0 unspecified atom stereocenters. The zero-order chi connectivity index (χ0) is 10.1. The maximum absolute atomic E-state index is 9.67. The predicted octanol–water partition coefficient (Wildman–Crippen LogP) is 1.28. The summed E-state index contributed by atoms with van der Waals surface area (Å²) in [4.78, 5) is 0. The summed E-state index contributed by atoms with van der Waals surface area (Å²) in [6, 6.07) is 1.54. The molecule has 76 valence electrons. The van der Waals surface area contributed by atoms with Crippen LogP contribution in [0.25, 0.3) is 0 Å². The van der Waals surface area contributed by atoms with Crippen molar-refractivity contribution in [2.75, 3.05) is 13.3 Å². The summed E-state index contributed by atoms with van der Waals surface area (Å²) >= 11 is 5.81. The third-order valence-electron chi connectivity index (χ3n) is 2.08. The van der Waals surface area contributed by atoms with Gasteiger partial charge in [-0.15, -0.1) is 0 Å². The Morgan fingerprint density at radius 3 is 3.00 bits per heavy atom. The number of hydrogen-bond donors (Lipinski definition) is 2. The van der Waals surface area contributed by atoms with Crippen LogP contribution >= 0.6 is 11.6 Å². The third-order valence-corrected chi connectivity index (χ3v) is 2.37. The number of phenolic OH excluding ortho intramolecular Hbond substituents is 1. The molecule has 0 amide bonds. The van der Waals surface area contributed by atoms with Gasteiger partial charge in [0.05, 0.1) is 5.02 Å². The van der Waals surface area contributed by atoms with Crippen molar-refractivity contribution in [3.63, 3.8) is 0 Å². The van der Waals surface area contributed by atoms with Crippen LogP contribution in [0.1, 0.15) is 5.56 Å². The molecule has 3 N–H and O–H groups in total. The van der Waals surface area contributed by atoms with Crippen LogP contribution in [0.2, 0.25) is 5.02 Å². The Balaban J connectivity index is 2.54. The first-order valence-electron chi connectivity index (χ1n) is 4.24. The predicted molar refractivity (Wildman–Crippen MR) is 52.0 cm³/mol. The lowest BCUT2D eigenvalue weighted by molar-refractivity contribution is 0.173. The van der Waals surface area contributed by atoms with Gasteiger partial charge in [-0.2, -0.15) is 0 Å². The lowest BCUT2D eigenvalue weighted by Crippen LogP contribution is -2.04. The van der Waals surface area contributed by atoms with E-state index in [0.717, 1.165) is 0 Å². The molecule has 0 aliphatic carbocycles. The van der Waals surface area contributed by atoms with E-state index in [1.54, 1.807) is 6.07 Å². The Labute approximate surface area is 86.2 Å². The maximum Gasteiger partial charge on any atom is 0.231 e. The Hall–Kier alpha value is -1.13. The molecule has 5 heteroatoms. The number of nitrogens with two attached hydrogens (primary N) is 1. The molecule has 14 heavy (non-hydrogen) atoms. The standard InChI is InChI=1S/C9H10ClNO3/c10-6-3-7-9(14-4-13-7)5(1-2-11)8(6)12/h3,12H,1-2,4,11H2. The highest BCUT2D eigenvalue weighted by molar-refractivity contribution is 6.32. The second-order valence-corrected chi connectivity index (χ2v) is 3.37. The van der Waals surface area contributed by atoms with Crippen molar-refractivity contribution in [2.24, 2.45) is 5.73 Å². The SMILES string of the molecule is NCCc1c(O)c(Cl)cc2c1OCO2. The van der Waals surface area contributed by atoms with Gasteiger partial charge in [0.15, 0.2) is 11.5 Å². The highest BCUT2D eigenvalue weighted by Gasteiger charge is 2.22. The van der Waals surface area contributed by atoms with E-state index in [4.69, 9.17) is 26.8 Å². The lowest BCUT2D eigenvalue weighted by Gasteiger charge is -2.08. The number of halogens is 1. The Morgan fingerprint density at radius 1 is 1.50 bits per heavy atom. The maximum atomic E-state index is 9.67. The van der Waals surface area contributed by atoms with E-state index in [2.05, 4.69) is 0 Å². The lowest BCUT2D eigenvalue weighted by atomic mass is 10.1. The molecule has 4 nitrogen and oxygen atoms in total. The molecule has 0 atom stereocenters. The fourth-order valence-electron chi connectivity index (χ4n) is 1.44. The summed E-state index contributed by atoms with van der Waals surface area (Å²) in [5.74, 6) is 1.15. The van der Waals surface area contributed by atoms with Crippen molar-refractivity contribution in [1.29, 1.82) is 0 Å². The molecule has 1 aliphatic rings. The van der Waals surface area contributed by atoms with Crippen LogP contribution in [0.15, 0.2) is 6.07 Å². The number of benzene rings is 1. The van der Waals surface area contributed by atoms with Gasteiger partial charge in [-0.05, 0) is 13.0 Å². The zero-order valence-electron chi connectivity index (χ0n) is 7.42. The normalized spacial score (nSPS) is 13.3. The van der Waals surface area contributed by atoms with Gasteiger partial charge in [0.25, 0.3) is 0 Å². The first kappa shape index (κ1) is 9.43. The minimum atomic E-state index is 0.0290. The van der Waals surface area contributed by atoms with Crippen LogP contribution in [0.5, 0.6) is 17.2 Å². The highest BCUT2D eigenvalue weighted by atomic mass is 35.5. The summed E-state index contributed by atoms with van der Waals surface area (Å²) in [5, 5.41) is 9.93. The van der Waals surface area contributed by atoms with E-state index in [-0.39, 0.29) is 17.6 Å². The molecule has 2 rings (SSSR count). The molecule has 1 aliphatic heterocycles. The summed E-state index contributed by atoms with van der Waals surface area (Å²) in [5.41, 5.74) is 6.04. The van der Waals surface area contributed by atoms with Crippen LogP contribution < -0.4 is 15.2 Å². The quantitative estimate of drug-likeness (QED) is 0.780. The van der Waals surface area contributed by atoms with Crippen LogP contribution in [0.4, 0.5) is 0 Å². The minimum absolute atomic E-state index is 0.0290. The van der Waals surface area contributed by atoms with Crippen molar-refractivity contribution in [3.8, 4) is 17.2 Å². The molecule has 0 aromatic heterocycles. The fraction of sp³-hybridized carbons (Fsp3) is 0.333.